The van der Waals surface area contributed by atoms with Crippen molar-refractivity contribution in [3.05, 3.63) is 6.42 Å². The van der Waals surface area contributed by atoms with Crippen molar-refractivity contribution in [1.82, 2.24) is 0 Å². The summed E-state index contributed by atoms with van der Waals surface area (Å²) in [6.07, 6.45) is 2.39. The highest BCUT2D eigenvalue weighted by atomic mass is 16.9. The van der Waals surface area contributed by atoms with Crippen LogP contribution < -0.4 is 0 Å². The van der Waals surface area contributed by atoms with Gasteiger partial charge in [0.15, 0.2) is 0 Å². The van der Waals surface area contributed by atoms with E-state index < -0.39 is 12.1 Å². The molecule has 4 nitrogen and oxygen atoms in total. The van der Waals surface area contributed by atoms with Crippen LogP contribution in [0.2, 0.25) is 0 Å². The molecule has 0 saturated carbocycles. The third-order valence-electron chi connectivity index (χ3n) is 1.67. The minimum atomic E-state index is -1.04. The minimum Gasteiger partial charge on any atom is -0.331 e. The van der Waals surface area contributed by atoms with Crippen LogP contribution in [0.4, 0.5) is 0 Å². The zero-order valence-corrected chi connectivity index (χ0v) is 6.57. The first kappa shape index (κ1) is 8.64. The molecule has 0 aromatic rings. The van der Waals surface area contributed by atoms with Gasteiger partial charge in [0, 0.05) is 27.1 Å². The Morgan fingerprint density at radius 2 is 2.27 bits per heavy atom. The molecule has 0 aromatic carbocycles. The molecular weight excluding hydrogens is 148 g/mol. The normalized spacial score (nSPS) is 28.7. The van der Waals surface area contributed by atoms with Gasteiger partial charge in [-0.05, 0) is 0 Å². The Labute approximate surface area is 65.4 Å². The quantitative estimate of drug-likeness (QED) is 0.433. The van der Waals surface area contributed by atoms with Crippen molar-refractivity contribution in [2.45, 2.75) is 18.5 Å². The molecule has 0 amide bonds. The zero-order valence-electron chi connectivity index (χ0n) is 6.57. The Bertz CT molecular complexity index is 141. The van der Waals surface area contributed by atoms with Crippen LogP contribution in [0.3, 0.4) is 0 Å². The number of carbonyl (C=O) groups is 1. The van der Waals surface area contributed by atoms with Crippen LogP contribution >= 0.6 is 0 Å². The van der Waals surface area contributed by atoms with Gasteiger partial charge in [-0.25, -0.2) is 0 Å². The third kappa shape index (κ3) is 1.58. The van der Waals surface area contributed by atoms with Crippen molar-refractivity contribution in [2.75, 3.05) is 14.2 Å². The average molecular weight is 159 g/mol. The van der Waals surface area contributed by atoms with Gasteiger partial charge in [-0.3, -0.25) is 0 Å². The van der Waals surface area contributed by atoms with E-state index in [1.165, 1.54) is 14.2 Å². The first-order chi connectivity index (χ1) is 5.26. The SMILES string of the molecule is COC1(OC)C[CH]C(C=O)O1. The maximum Gasteiger partial charge on any atom is 0.283 e. The lowest BCUT2D eigenvalue weighted by Gasteiger charge is -2.24. The average Bonchev–Trinajstić information content (AvgIpc) is 2.49. The number of aldehydes is 1. The van der Waals surface area contributed by atoms with Crippen LogP contribution in [0.15, 0.2) is 0 Å². The van der Waals surface area contributed by atoms with Crippen LogP contribution in [0.5, 0.6) is 0 Å². The Hall–Kier alpha value is -0.450. The van der Waals surface area contributed by atoms with E-state index in [4.69, 9.17) is 14.2 Å². The van der Waals surface area contributed by atoms with E-state index in [1.807, 2.05) is 0 Å². The summed E-state index contributed by atoms with van der Waals surface area (Å²) < 4.78 is 15.0. The molecule has 1 saturated heterocycles. The van der Waals surface area contributed by atoms with Crippen molar-refractivity contribution < 1.29 is 19.0 Å². The van der Waals surface area contributed by atoms with Gasteiger partial charge in [0.25, 0.3) is 5.97 Å². The van der Waals surface area contributed by atoms with Crippen molar-refractivity contribution in [2.24, 2.45) is 0 Å². The highest BCUT2D eigenvalue weighted by Gasteiger charge is 2.41. The molecule has 11 heavy (non-hydrogen) atoms. The van der Waals surface area contributed by atoms with Crippen LogP contribution in [0.25, 0.3) is 0 Å². The van der Waals surface area contributed by atoms with Gasteiger partial charge in [-0.2, -0.15) is 0 Å². The van der Waals surface area contributed by atoms with E-state index in [0.29, 0.717) is 12.7 Å². The van der Waals surface area contributed by atoms with Gasteiger partial charge in [0.2, 0.25) is 0 Å². The van der Waals surface area contributed by atoms with Gasteiger partial charge >= 0.3 is 0 Å². The first-order valence-corrected chi connectivity index (χ1v) is 3.33. The topological polar surface area (TPSA) is 44.8 Å². The standard InChI is InChI=1S/C7H11O4/c1-9-7(10-2)4-3-6(5-8)11-7/h3,5-6H,4H2,1-2H3. The van der Waals surface area contributed by atoms with Crippen LogP contribution in [-0.2, 0) is 19.0 Å². The molecule has 63 valence electrons. The van der Waals surface area contributed by atoms with Crippen molar-refractivity contribution in [3.8, 4) is 0 Å². The number of carbonyl (C=O) groups excluding carboxylic acids is 1. The summed E-state index contributed by atoms with van der Waals surface area (Å²) >= 11 is 0. The summed E-state index contributed by atoms with van der Waals surface area (Å²) in [7, 11) is 2.95. The highest BCUT2D eigenvalue weighted by Crippen LogP contribution is 2.29. The summed E-state index contributed by atoms with van der Waals surface area (Å²) in [5.41, 5.74) is 0. The van der Waals surface area contributed by atoms with E-state index in [-0.39, 0.29) is 0 Å². The Kier molecular flexibility index (Phi) is 2.59. The maximum absolute atomic E-state index is 10.3. The number of methoxy groups -OCH3 is 2. The molecule has 1 fully saturated rings. The van der Waals surface area contributed by atoms with Crippen molar-refractivity contribution >= 4 is 6.29 Å². The molecule has 0 bridgehead atoms. The molecule has 1 radical (unpaired) electrons. The second-order valence-corrected chi connectivity index (χ2v) is 2.25. The fourth-order valence-electron chi connectivity index (χ4n) is 0.994. The smallest absolute Gasteiger partial charge is 0.283 e. The highest BCUT2D eigenvalue weighted by molar-refractivity contribution is 5.59. The Morgan fingerprint density at radius 1 is 1.64 bits per heavy atom. The molecule has 1 atom stereocenters. The second-order valence-electron chi connectivity index (χ2n) is 2.25. The van der Waals surface area contributed by atoms with E-state index in [1.54, 1.807) is 6.42 Å². The van der Waals surface area contributed by atoms with Gasteiger partial charge in [0.1, 0.15) is 12.4 Å². The fourth-order valence-corrected chi connectivity index (χ4v) is 0.994. The Balaban J connectivity index is 2.54. The monoisotopic (exact) mass is 159 g/mol. The lowest BCUT2D eigenvalue weighted by molar-refractivity contribution is -0.347. The third-order valence-corrected chi connectivity index (χ3v) is 1.67. The lowest BCUT2D eigenvalue weighted by Crippen LogP contribution is -2.33. The Morgan fingerprint density at radius 3 is 2.55 bits per heavy atom. The minimum absolute atomic E-state index is 0.476. The molecule has 0 aromatic heterocycles. The summed E-state index contributed by atoms with van der Waals surface area (Å²) in [5, 5.41) is 0. The van der Waals surface area contributed by atoms with Gasteiger partial charge in [0.05, 0.1) is 0 Å². The van der Waals surface area contributed by atoms with E-state index in [9.17, 15) is 4.79 Å². The lowest BCUT2D eigenvalue weighted by atomic mass is 10.2. The van der Waals surface area contributed by atoms with E-state index in [0.717, 1.165) is 0 Å². The largest absolute Gasteiger partial charge is 0.331 e. The molecule has 0 N–H and O–H groups in total. The maximum atomic E-state index is 10.3. The summed E-state index contributed by atoms with van der Waals surface area (Å²) in [6.45, 7) is 0. The van der Waals surface area contributed by atoms with Crippen molar-refractivity contribution in [1.29, 1.82) is 0 Å². The van der Waals surface area contributed by atoms with Gasteiger partial charge in [-0.1, -0.05) is 0 Å². The van der Waals surface area contributed by atoms with E-state index in [2.05, 4.69) is 0 Å². The van der Waals surface area contributed by atoms with Crippen LogP contribution in [0.1, 0.15) is 6.42 Å². The van der Waals surface area contributed by atoms with Gasteiger partial charge < -0.3 is 19.0 Å². The molecule has 1 rings (SSSR count). The molecule has 1 aliphatic rings. The zero-order chi connectivity index (χ0) is 8.32. The summed E-state index contributed by atoms with van der Waals surface area (Å²) in [4.78, 5) is 10.3. The van der Waals surface area contributed by atoms with Crippen LogP contribution in [-0.4, -0.2) is 32.6 Å². The predicted octanol–water partition coefficient (Wildman–Crippen LogP) is 0.125. The van der Waals surface area contributed by atoms with Crippen LogP contribution in [0, 0.1) is 6.42 Å². The predicted molar refractivity (Wildman–Crippen MR) is 36.6 cm³/mol. The summed E-state index contributed by atoms with van der Waals surface area (Å²) in [5.74, 6) is -1.04. The second kappa shape index (κ2) is 3.30. The number of hydrogen-bond acceptors (Lipinski definition) is 4. The molecule has 1 unspecified atom stereocenters. The van der Waals surface area contributed by atoms with Gasteiger partial charge in [-0.15, -0.1) is 0 Å². The molecule has 4 heteroatoms. The first-order valence-electron chi connectivity index (χ1n) is 3.33. The number of hydrogen-bond donors (Lipinski definition) is 0. The summed E-state index contributed by atoms with van der Waals surface area (Å²) in [6, 6.07) is 0. The molecular formula is C7H11O4. The fraction of sp³-hybridized carbons (Fsp3) is 0.714. The molecule has 1 aliphatic heterocycles. The molecule has 1 heterocycles. The molecule has 0 aliphatic carbocycles. The van der Waals surface area contributed by atoms with Crippen molar-refractivity contribution in [3.63, 3.8) is 0 Å². The number of ether oxygens (including phenoxy) is 3. The number of rotatable bonds is 3. The van der Waals surface area contributed by atoms with E-state index >= 15 is 0 Å². The molecule has 0 spiro atoms.